The van der Waals surface area contributed by atoms with Crippen LogP contribution in [0.4, 0.5) is 0 Å². The average Bonchev–Trinajstić information content (AvgIpc) is 1.85. The van der Waals surface area contributed by atoms with Gasteiger partial charge in [0.15, 0.2) is 0 Å². The molecule has 0 saturated heterocycles. The van der Waals surface area contributed by atoms with E-state index >= 15 is 0 Å². The number of likely N-dealkylation sites (N-methyl/N-ethyl adjacent to an activating group) is 1. The predicted molar refractivity (Wildman–Crippen MR) is 44.7 cm³/mol. The highest BCUT2D eigenvalue weighted by molar-refractivity contribution is 5.80. The van der Waals surface area contributed by atoms with Crippen LogP contribution in [0.25, 0.3) is 0 Å². The van der Waals surface area contributed by atoms with Crippen molar-refractivity contribution in [1.29, 1.82) is 5.41 Å². The zero-order chi connectivity index (χ0) is 8.85. The summed E-state index contributed by atoms with van der Waals surface area (Å²) in [5, 5.41) is 9.53. The number of rotatable bonds is 4. The lowest BCUT2D eigenvalue weighted by Gasteiger charge is -2.13. The molecule has 0 fully saturated rings. The second kappa shape index (κ2) is 4.71. The van der Waals surface area contributed by atoms with E-state index < -0.39 is 0 Å². The first-order valence-electron chi connectivity index (χ1n) is 3.56. The molecule has 0 aliphatic carbocycles. The molecule has 11 heavy (non-hydrogen) atoms. The van der Waals surface area contributed by atoms with Crippen molar-refractivity contribution in [3.05, 3.63) is 0 Å². The summed E-state index contributed by atoms with van der Waals surface area (Å²) in [6.45, 7) is 4.06. The minimum atomic E-state index is -0.0500. The molecule has 2 N–H and O–H groups in total. The fourth-order valence-electron chi connectivity index (χ4n) is 0.640. The van der Waals surface area contributed by atoms with Crippen molar-refractivity contribution in [3.8, 4) is 0 Å². The third kappa shape index (κ3) is 5.39. The van der Waals surface area contributed by atoms with E-state index in [1.807, 2.05) is 13.8 Å². The number of amides is 1. The van der Waals surface area contributed by atoms with Gasteiger partial charge in [-0.15, -0.1) is 0 Å². The Balaban J connectivity index is 3.60. The fraction of sp³-hybridized carbons (Fsp3) is 0.714. The number of carbonyl (C=O) groups is 1. The standard InChI is InChI=1S/C7H15N3O/c1-6(2)9-7(11)4-10(3)5-8/h5-6,8H,4H2,1-3H3,(H,9,11). The van der Waals surface area contributed by atoms with Gasteiger partial charge in [0.25, 0.3) is 0 Å². The van der Waals surface area contributed by atoms with E-state index in [9.17, 15) is 4.79 Å². The Bertz CT molecular complexity index is 145. The average molecular weight is 157 g/mol. The first kappa shape index (κ1) is 9.94. The molecule has 0 rings (SSSR count). The molecule has 0 saturated carbocycles. The topological polar surface area (TPSA) is 56.2 Å². The van der Waals surface area contributed by atoms with E-state index in [0.29, 0.717) is 0 Å². The van der Waals surface area contributed by atoms with Crippen LogP contribution in [0, 0.1) is 5.41 Å². The van der Waals surface area contributed by atoms with Crippen LogP contribution >= 0.6 is 0 Å². The Morgan fingerprint density at radius 2 is 2.27 bits per heavy atom. The molecule has 0 aliphatic rings. The molecule has 0 spiro atoms. The van der Waals surface area contributed by atoms with Gasteiger partial charge in [0.05, 0.1) is 12.9 Å². The van der Waals surface area contributed by atoms with Crippen LogP contribution < -0.4 is 5.32 Å². The van der Waals surface area contributed by atoms with Crippen LogP contribution in [0.5, 0.6) is 0 Å². The third-order valence-electron chi connectivity index (χ3n) is 1.06. The number of hydrogen-bond acceptors (Lipinski definition) is 2. The summed E-state index contributed by atoms with van der Waals surface area (Å²) >= 11 is 0. The summed E-state index contributed by atoms with van der Waals surface area (Å²) in [4.78, 5) is 12.5. The highest BCUT2D eigenvalue weighted by Gasteiger charge is 2.03. The van der Waals surface area contributed by atoms with Crippen LogP contribution in [0.1, 0.15) is 13.8 Å². The van der Waals surface area contributed by atoms with E-state index in [4.69, 9.17) is 5.41 Å². The molecule has 0 aromatic carbocycles. The van der Waals surface area contributed by atoms with Crippen LogP contribution in [0.3, 0.4) is 0 Å². The summed E-state index contributed by atoms with van der Waals surface area (Å²) in [7, 11) is 1.69. The van der Waals surface area contributed by atoms with E-state index in [2.05, 4.69) is 5.32 Å². The van der Waals surface area contributed by atoms with Gasteiger partial charge in [0.1, 0.15) is 0 Å². The molecule has 0 aliphatic heterocycles. The predicted octanol–water partition coefficient (Wildman–Crippen LogP) is 0.0499. The zero-order valence-electron chi connectivity index (χ0n) is 7.22. The van der Waals surface area contributed by atoms with E-state index in [1.54, 1.807) is 7.05 Å². The van der Waals surface area contributed by atoms with Crippen molar-refractivity contribution in [2.45, 2.75) is 19.9 Å². The monoisotopic (exact) mass is 157 g/mol. The van der Waals surface area contributed by atoms with Crippen molar-refractivity contribution in [2.24, 2.45) is 0 Å². The van der Waals surface area contributed by atoms with Crippen molar-refractivity contribution in [3.63, 3.8) is 0 Å². The van der Waals surface area contributed by atoms with Crippen molar-refractivity contribution < 1.29 is 4.79 Å². The normalized spacial score (nSPS) is 9.45. The molecular formula is C7H15N3O. The van der Waals surface area contributed by atoms with Crippen molar-refractivity contribution >= 4 is 12.2 Å². The van der Waals surface area contributed by atoms with Gasteiger partial charge < -0.3 is 10.2 Å². The van der Waals surface area contributed by atoms with Gasteiger partial charge in [-0.1, -0.05) is 0 Å². The van der Waals surface area contributed by atoms with E-state index in [0.717, 1.165) is 6.34 Å². The Labute approximate surface area is 67.1 Å². The van der Waals surface area contributed by atoms with Gasteiger partial charge in [-0.2, -0.15) is 0 Å². The van der Waals surface area contributed by atoms with Gasteiger partial charge in [-0.05, 0) is 13.8 Å². The SMILES string of the molecule is CC(C)NC(=O)CN(C)C=N. The highest BCUT2D eigenvalue weighted by atomic mass is 16.2. The molecule has 0 aromatic rings. The number of carbonyl (C=O) groups excluding carboxylic acids is 1. The summed E-state index contributed by atoms with van der Waals surface area (Å²) in [5.41, 5.74) is 0. The number of nitrogens with one attached hydrogen (secondary N) is 2. The van der Waals surface area contributed by atoms with Gasteiger partial charge in [-0.3, -0.25) is 10.2 Å². The third-order valence-corrected chi connectivity index (χ3v) is 1.06. The van der Waals surface area contributed by atoms with Crippen LogP contribution in [0.15, 0.2) is 0 Å². The van der Waals surface area contributed by atoms with Gasteiger partial charge in [0.2, 0.25) is 5.91 Å². The maximum absolute atomic E-state index is 11.0. The van der Waals surface area contributed by atoms with E-state index in [-0.39, 0.29) is 18.5 Å². The summed E-state index contributed by atoms with van der Waals surface area (Å²) < 4.78 is 0. The van der Waals surface area contributed by atoms with Crippen LogP contribution in [-0.4, -0.2) is 36.8 Å². The fourth-order valence-corrected chi connectivity index (χ4v) is 0.640. The van der Waals surface area contributed by atoms with Crippen molar-refractivity contribution in [1.82, 2.24) is 10.2 Å². The smallest absolute Gasteiger partial charge is 0.239 e. The molecule has 4 heteroatoms. The lowest BCUT2D eigenvalue weighted by Crippen LogP contribution is -2.37. The summed E-state index contributed by atoms with van der Waals surface area (Å²) in [6, 6.07) is 0.168. The maximum atomic E-state index is 11.0. The molecule has 0 heterocycles. The molecule has 0 radical (unpaired) electrons. The van der Waals surface area contributed by atoms with Gasteiger partial charge >= 0.3 is 0 Å². The molecule has 0 atom stereocenters. The lowest BCUT2D eigenvalue weighted by molar-refractivity contribution is -0.121. The Morgan fingerprint density at radius 1 is 1.73 bits per heavy atom. The van der Waals surface area contributed by atoms with Crippen molar-refractivity contribution in [2.75, 3.05) is 13.6 Å². The minimum absolute atomic E-state index is 0.0500. The number of hydrogen-bond donors (Lipinski definition) is 2. The minimum Gasteiger partial charge on any atom is -0.357 e. The lowest BCUT2D eigenvalue weighted by atomic mass is 10.4. The molecule has 64 valence electrons. The summed E-state index contributed by atoms with van der Waals surface area (Å²) in [6.07, 6.45) is 1.12. The largest absolute Gasteiger partial charge is 0.357 e. The maximum Gasteiger partial charge on any atom is 0.239 e. The van der Waals surface area contributed by atoms with Gasteiger partial charge in [0, 0.05) is 13.1 Å². The Kier molecular flexibility index (Phi) is 4.26. The molecule has 4 nitrogen and oxygen atoms in total. The first-order valence-corrected chi connectivity index (χ1v) is 3.56. The zero-order valence-corrected chi connectivity index (χ0v) is 7.22. The highest BCUT2D eigenvalue weighted by Crippen LogP contribution is 1.79. The molecule has 0 bridgehead atoms. The molecule has 0 unspecified atom stereocenters. The second-order valence-electron chi connectivity index (χ2n) is 2.77. The molecule has 0 aromatic heterocycles. The number of nitrogens with zero attached hydrogens (tertiary/aromatic N) is 1. The second-order valence-corrected chi connectivity index (χ2v) is 2.77. The van der Waals surface area contributed by atoms with E-state index in [1.165, 1.54) is 4.90 Å². The first-order chi connectivity index (χ1) is 5.06. The van der Waals surface area contributed by atoms with Crippen LogP contribution in [0.2, 0.25) is 0 Å². The quantitative estimate of drug-likeness (QED) is 0.447. The van der Waals surface area contributed by atoms with Gasteiger partial charge in [-0.25, -0.2) is 0 Å². The Morgan fingerprint density at radius 3 is 2.64 bits per heavy atom. The van der Waals surface area contributed by atoms with Crippen LogP contribution in [-0.2, 0) is 4.79 Å². The molecular weight excluding hydrogens is 142 g/mol. The molecule has 1 amide bonds. The summed E-state index contributed by atoms with van der Waals surface area (Å²) in [5.74, 6) is -0.0500. The Hall–Kier alpha value is -1.06.